The highest BCUT2D eigenvalue weighted by molar-refractivity contribution is 7.93. The number of hydrogen-bond acceptors (Lipinski definition) is 5. The van der Waals surface area contributed by atoms with Gasteiger partial charge >= 0.3 is 7.74 Å². The van der Waals surface area contributed by atoms with E-state index in [9.17, 15) is 8.42 Å². The predicted molar refractivity (Wildman–Crippen MR) is 130 cm³/mol. The van der Waals surface area contributed by atoms with Crippen LogP contribution in [0, 0.1) is 6.92 Å². The van der Waals surface area contributed by atoms with Gasteiger partial charge in [-0.1, -0.05) is 126 Å². The second kappa shape index (κ2) is 9.32. The second-order valence-electron chi connectivity index (χ2n) is 6.28. The molecule has 1 aromatic rings. The summed E-state index contributed by atoms with van der Waals surface area (Å²) in [4.78, 5) is -0.178. The van der Waals surface area contributed by atoms with E-state index in [1.807, 2.05) is 0 Å². The topological polar surface area (TPSA) is 74.2 Å². The Kier molecular flexibility index (Phi) is 8.39. The minimum absolute atomic E-state index is 0.178. The molecule has 6 nitrogen and oxygen atoms in total. The second-order valence-corrected chi connectivity index (χ2v) is 19.3. The van der Waals surface area contributed by atoms with Crippen LogP contribution in [-0.4, -0.2) is 37.3 Å². The monoisotopic (exact) mass is 669 g/mol. The molecule has 0 radical (unpaired) electrons. The number of halogens is 9. The fourth-order valence-corrected chi connectivity index (χ4v) is 14.5. The first kappa shape index (κ1) is 27.9. The first-order valence-corrected chi connectivity index (χ1v) is 15.7. The van der Waals surface area contributed by atoms with Crippen molar-refractivity contribution < 1.29 is 22.0 Å². The Morgan fingerprint density at radius 2 is 1.16 bits per heavy atom. The fraction of sp³-hybridized carbons (Fsp3) is 0.538. The van der Waals surface area contributed by atoms with E-state index in [-0.39, 0.29) is 4.90 Å². The number of rotatable bonds is 2. The Balaban J connectivity index is 2.23. The molecule has 3 heterocycles. The molecular formula is C13H10Cl9NO5P2S. The molecule has 1 aromatic carbocycles. The van der Waals surface area contributed by atoms with Crippen LogP contribution in [0.3, 0.4) is 0 Å². The van der Waals surface area contributed by atoms with Crippen LogP contribution in [0.15, 0.2) is 33.3 Å². The quantitative estimate of drug-likeness (QED) is 0.234. The van der Waals surface area contributed by atoms with E-state index in [2.05, 4.69) is 4.15 Å². The summed E-state index contributed by atoms with van der Waals surface area (Å²) in [7, 11) is -10.8. The molecule has 0 N–H and O–H groups in total. The maximum Gasteiger partial charge on any atom is 0.373 e. The Bertz CT molecular complexity index is 940. The molecule has 3 fully saturated rings. The number of hydrogen-bond donors (Lipinski definition) is 0. The lowest BCUT2D eigenvalue weighted by atomic mass is 10.2. The summed E-state index contributed by atoms with van der Waals surface area (Å²) in [5.74, 6) is -4.16. The van der Waals surface area contributed by atoms with Crippen molar-refractivity contribution in [2.24, 2.45) is 4.15 Å². The van der Waals surface area contributed by atoms with Gasteiger partial charge in [0, 0.05) is 7.92 Å². The van der Waals surface area contributed by atoms with Crippen LogP contribution in [0.1, 0.15) is 5.56 Å². The van der Waals surface area contributed by atoms with Gasteiger partial charge in [0.1, 0.15) is 17.5 Å². The van der Waals surface area contributed by atoms with E-state index >= 15 is 0 Å². The van der Waals surface area contributed by atoms with E-state index in [0.717, 1.165) is 5.56 Å². The van der Waals surface area contributed by atoms with Gasteiger partial charge in [-0.3, -0.25) is 13.6 Å². The highest BCUT2D eigenvalue weighted by Crippen LogP contribution is 2.83. The highest BCUT2D eigenvalue weighted by atomic mass is 35.6. The number of aryl methyl sites for hydroxylation is 1. The molecule has 176 valence electrons. The SMILES string of the molecule is Cc1ccc(S(=O)(=O)N=P23O[C@@H](C(Cl)(Cl)Cl)P([C@H](C(Cl)(Cl)Cl)O2)[C@@H](C(Cl)(Cl)Cl)O3)cc1. The molecule has 0 aliphatic carbocycles. The summed E-state index contributed by atoms with van der Waals surface area (Å²) in [5.41, 5.74) is 0.820. The number of alkyl halides is 9. The van der Waals surface area contributed by atoms with Crippen molar-refractivity contribution in [2.75, 3.05) is 0 Å². The van der Waals surface area contributed by atoms with Gasteiger partial charge in [0.2, 0.25) is 11.4 Å². The van der Waals surface area contributed by atoms with Crippen LogP contribution >= 0.6 is 120 Å². The summed E-state index contributed by atoms with van der Waals surface area (Å²) >= 11 is 54.8. The number of fused-ring (bicyclic) bond motifs is 3. The van der Waals surface area contributed by atoms with Crippen molar-refractivity contribution in [1.82, 2.24) is 0 Å². The maximum absolute atomic E-state index is 13.0. The molecule has 0 saturated carbocycles. The van der Waals surface area contributed by atoms with Crippen molar-refractivity contribution in [3.63, 3.8) is 0 Å². The van der Waals surface area contributed by atoms with Gasteiger partial charge in [-0.15, -0.1) is 0 Å². The average Bonchev–Trinajstić information content (AvgIpc) is 2.58. The zero-order valence-electron chi connectivity index (χ0n) is 14.7. The van der Waals surface area contributed by atoms with Gasteiger partial charge in [0.25, 0.3) is 10.0 Å². The average molecular weight is 673 g/mol. The van der Waals surface area contributed by atoms with Crippen LogP contribution < -0.4 is 0 Å². The predicted octanol–water partition coefficient (Wildman–Crippen LogP) is 8.28. The Hall–Kier alpha value is 2.32. The van der Waals surface area contributed by atoms with E-state index < -0.39 is 54.6 Å². The van der Waals surface area contributed by atoms with Crippen LogP contribution in [0.2, 0.25) is 0 Å². The molecule has 18 heteroatoms. The molecule has 31 heavy (non-hydrogen) atoms. The molecule has 0 amide bonds. The first-order chi connectivity index (χ1) is 13.9. The molecule has 2 bridgehead atoms. The van der Waals surface area contributed by atoms with E-state index in [1.165, 1.54) is 12.1 Å². The van der Waals surface area contributed by atoms with Crippen LogP contribution in [-0.2, 0) is 23.6 Å². The van der Waals surface area contributed by atoms with Gasteiger partial charge in [-0.05, 0) is 19.1 Å². The molecular weight excluding hydrogens is 663 g/mol. The fourth-order valence-electron chi connectivity index (χ4n) is 2.62. The Morgan fingerprint density at radius 3 is 1.48 bits per heavy atom. The molecule has 3 aliphatic rings. The van der Waals surface area contributed by atoms with Crippen molar-refractivity contribution in [1.29, 1.82) is 0 Å². The molecule has 3 saturated heterocycles. The third-order valence-electron chi connectivity index (χ3n) is 3.88. The number of sulfonamides is 1. The van der Waals surface area contributed by atoms with Crippen molar-refractivity contribution >= 4 is 130 Å². The van der Waals surface area contributed by atoms with Gasteiger partial charge < -0.3 is 0 Å². The third-order valence-corrected chi connectivity index (χ3v) is 14.6. The summed E-state index contributed by atoms with van der Waals surface area (Å²) in [6, 6.07) is 5.80. The zero-order valence-corrected chi connectivity index (χ0v) is 24.1. The Morgan fingerprint density at radius 1 is 0.806 bits per heavy atom. The smallest absolute Gasteiger partial charge is 0.289 e. The zero-order chi connectivity index (χ0) is 23.6. The highest BCUT2D eigenvalue weighted by Gasteiger charge is 2.68. The summed E-state index contributed by atoms with van der Waals surface area (Å²) in [6.45, 7) is 1.78. The normalized spacial score (nSPS) is 32.2. The molecule has 4 rings (SSSR count). The minimum Gasteiger partial charge on any atom is -0.289 e. The van der Waals surface area contributed by atoms with Crippen LogP contribution in [0.25, 0.3) is 0 Å². The van der Waals surface area contributed by atoms with Gasteiger partial charge in [-0.2, -0.15) is 8.42 Å². The van der Waals surface area contributed by atoms with Gasteiger partial charge in [0.15, 0.2) is 0 Å². The number of nitrogens with zero attached hydrogens (tertiary/aromatic N) is 1. The van der Waals surface area contributed by atoms with Crippen LogP contribution in [0.5, 0.6) is 0 Å². The molecule has 0 aromatic heterocycles. The molecule has 3 atom stereocenters. The summed E-state index contributed by atoms with van der Waals surface area (Å²) in [5, 5.41) is 0. The van der Waals surface area contributed by atoms with Gasteiger partial charge in [0.05, 0.1) is 4.90 Å². The van der Waals surface area contributed by atoms with Gasteiger partial charge in [-0.25, -0.2) is 0 Å². The Labute approximate surface area is 225 Å². The lowest BCUT2D eigenvalue weighted by Gasteiger charge is -2.55. The lowest BCUT2D eigenvalue weighted by molar-refractivity contribution is 0.0664. The van der Waals surface area contributed by atoms with E-state index in [1.54, 1.807) is 19.1 Å². The maximum atomic E-state index is 13.0. The van der Waals surface area contributed by atoms with Crippen molar-refractivity contribution in [2.45, 2.75) is 40.7 Å². The third kappa shape index (κ3) is 6.18. The van der Waals surface area contributed by atoms with Crippen molar-refractivity contribution in [3.8, 4) is 0 Å². The van der Waals surface area contributed by atoms with Crippen LogP contribution in [0.4, 0.5) is 0 Å². The van der Waals surface area contributed by atoms with E-state index in [4.69, 9.17) is 118 Å². The minimum atomic E-state index is -4.41. The first-order valence-electron chi connectivity index (χ1n) is 7.84. The largest absolute Gasteiger partial charge is 0.373 e. The molecule has 0 unspecified atom stereocenters. The molecule has 0 spiro atoms. The molecule has 3 aliphatic heterocycles. The summed E-state index contributed by atoms with van der Waals surface area (Å²) in [6.07, 6.45) is 0. The standard InChI is InChI=1S/C13H10Cl9NO5P2S/c1-6-2-4-7(5-3-6)31(24,25)23-30-26-8(11(14,15)16)29(9(27-30)12(17,18)19)10(28-30)13(20,21)22/h2-5,8-10H,1H3/t8-,9-,10+,29?,30?/m1/s1. The number of benzene rings is 1. The van der Waals surface area contributed by atoms with E-state index in [0.29, 0.717) is 0 Å². The van der Waals surface area contributed by atoms with Crippen molar-refractivity contribution in [3.05, 3.63) is 29.8 Å². The lowest BCUT2D eigenvalue weighted by Crippen LogP contribution is -2.50. The summed E-state index contributed by atoms with van der Waals surface area (Å²) < 4.78 is 40.3.